The molecule has 184 valence electrons. The van der Waals surface area contributed by atoms with Gasteiger partial charge < -0.3 is 20.1 Å². The molecule has 6 nitrogen and oxygen atoms in total. The molecule has 0 spiro atoms. The SMILES string of the molecule is CCCCC(CC)C(=O)NC(C)COCC(C)OCC(C)NC(=O)C(CC)CCCC. The van der Waals surface area contributed by atoms with E-state index in [9.17, 15) is 9.59 Å². The Morgan fingerprint density at radius 2 is 1.16 bits per heavy atom. The maximum Gasteiger partial charge on any atom is 0.223 e. The van der Waals surface area contributed by atoms with Gasteiger partial charge in [0.05, 0.1) is 25.9 Å². The molecule has 0 aliphatic rings. The molecule has 0 radical (unpaired) electrons. The van der Waals surface area contributed by atoms with Crippen LogP contribution in [0.4, 0.5) is 0 Å². The number of unbranched alkanes of at least 4 members (excludes halogenated alkanes) is 2. The van der Waals surface area contributed by atoms with Crippen molar-refractivity contribution in [3.05, 3.63) is 0 Å². The van der Waals surface area contributed by atoms with Crippen LogP contribution in [0, 0.1) is 11.8 Å². The second-order valence-electron chi connectivity index (χ2n) is 9.00. The molecule has 0 fully saturated rings. The number of ether oxygens (including phenoxy) is 2. The molecule has 0 heterocycles. The second kappa shape index (κ2) is 18.4. The van der Waals surface area contributed by atoms with Crippen LogP contribution < -0.4 is 10.6 Å². The van der Waals surface area contributed by atoms with Crippen LogP contribution in [-0.4, -0.2) is 49.8 Å². The maximum atomic E-state index is 12.4. The van der Waals surface area contributed by atoms with E-state index in [0.29, 0.717) is 19.8 Å². The molecule has 2 amide bonds. The number of amides is 2. The minimum absolute atomic E-state index is 0.0253. The van der Waals surface area contributed by atoms with E-state index in [-0.39, 0.29) is 41.8 Å². The number of hydrogen-bond donors (Lipinski definition) is 2. The number of hydrogen-bond acceptors (Lipinski definition) is 4. The topological polar surface area (TPSA) is 76.7 Å². The molecule has 0 aromatic heterocycles. The van der Waals surface area contributed by atoms with Crippen LogP contribution in [0.3, 0.4) is 0 Å². The van der Waals surface area contributed by atoms with Crippen LogP contribution in [0.1, 0.15) is 99.8 Å². The summed E-state index contributed by atoms with van der Waals surface area (Å²) in [7, 11) is 0. The van der Waals surface area contributed by atoms with E-state index in [2.05, 4.69) is 38.3 Å². The number of nitrogens with one attached hydrogen (secondary N) is 2. The van der Waals surface area contributed by atoms with Crippen LogP contribution >= 0.6 is 0 Å². The van der Waals surface area contributed by atoms with Gasteiger partial charge in [-0.05, 0) is 46.5 Å². The van der Waals surface area contributed by atoms with Gasteiger partial charge in [0.25, 0.3) is 0 Å². The quantitative estimate of drug-likeness (QED) is 0.300. The van der Waals surface area contributed by atoms with Gasteiger partial charge in [0.2, 0.25) is 11.8 Å². The van der Waals surface area contributed by atoms with E-state index in [1.165, 1.54) is 0 Å². The van der Waals surface area contributed by atoms with Crippen LogP contribution in [0.25, 0.3) is 0 Å². The van der Waals surface area contributed by atoms with E-state index in [1.54, 1.807) is 0 Å². The van der Waals surface area contributed by atoms with Gasteiger partial charge in [0.15, 0.2) is 0 Å². The fraction of sp³-hybridized carbons (Fsp3) is 0.920. The largest absolute Gasteiger partial charge is 0.377 e. The molecule has 0 aliphatic heterocycles. The van der Waals surface area contributed by atoms with Gasteiger partial charge in [0.1, 0.15) is 0 Å². The molecule has 2 N–H and O–H groups in total. The minimum atomic E-state index is -0.0720. The molecule has 0 bridgehead atoms. The summed E-state index contributed by atoms with van der Waals surface area (Å²) in [6, 6.07) is -0.0550. The fourth-order valence-electron chi connectivity index (χ4n) is 3.51. The molecule has 5 unspecified atom stereocenters. The summed E-state index contributed by atoms with van der Waals surface area (Å²) in [6.45, 7) is 15.7. The van der Waals surface area contributed by atoms with Crippen molar-refractivity contribution < 1.29 is 19.1 Å². The maximum absolute atomic E-state index is 12.4. The van der Waals surface area contributed by atoms with Crippen molar-refractivity contribution in [3.8, 4) is 0 Å². The first-order chi connectivity index (χ1) is 14.8. The summed E-state index contributed by atoms with van der Waals surface area (Å²) in [5.41, 5.74) is 0. The van der Waals surface area contributed by atoms with Crippen molar-refractivity contribution in [1.29, 1.82) is 0 Å². The number of rotatable bonds is 19. The lowest BCUT2D eigenvalue weighted by Gasteiger charge is -2.22. The predicted molar refractivity (Wildman–Crippen MR) is 128 cm³/mol. The number of carbonyl (C=O) groups excluding carboxylic acids is 2. The molecule has 0 aromatic carbocycles. The molecular formula is C25H50N2O4. The molecule has 6 heteroatoms. The highest BCUT2D eigenvalue weighted by molar-refractivity contribution is 5.79. The van der Waals surface area contributed by atoms with Gasteiger partial charge in [-0.25, -0.2) is 0 Å². The van der Waals surface area contributed by atoms with Gasteiger partial charge in [0, 0.05) is 23.9 Å². The Hall–Kier alpha value is -1.14. The van der Waals surface area contributed by atoms with Crippen molar-refractivity contribution >= 4 is 11.8 Å². The molecule has 0 aliphatic carbocycles. The Balaban J connectivity index is 4.08. The van der Waals surface area contributed by atoms with Crippen LogP contribution in [0.5, 0.6) is 0 Å². The Morgan fingerprint density at radius 1 is 0.710 bits per heavy atom. The third-order valence-electron chi connectivity index (χ3n) is 5.67. The summed E-state index contributed by atoms with van der Waals surface area (Å²) >= 11 is 0. The second-order valence-corrected chi connectivity index (χ2v) is 9.00. The smallest absolute Gasteiger partial charge is 0.223 e. The molecule has 0 saturated heterocycles. The highest BCUT2D eigenvalue weighted by atomic mass is 16.5. The van der Waals surface area contributed by atoms with Crippen molar-refractivity contribution in [1.82, 2.24) is 10.6 Å². The van der Waals surface area contributed by atoms with E-state index in [0.717, 1.165) is 51.4 Å². The van der Waals surface area contributed by atoms with Crippen molar-refractivity contribution in [2.45, 2.75) is 118 Å². The highest BCUT2D eigenvalue weighted by Crippen LogP contribution is 2.14. The first-order valence-electron chi connectivity index (χ1n) is 12.6. The normalized spacial score (nSPS) is 16.2. The number of carbonyl (C=O) groups is 2. The monoisotopic (exact) mass is 442 g/mol. The summed E-state index contributed by atoms with van der Waals surface area (Å²) in [5, 5.41) is 6.13. The van der Waals surface area contributed by atoms with Gasteiger partial charge in [-0.1, -0.05) is 53.4 Å². The van der Waals surface area contributed by atoms with Gasteiger partial charge >= 0.3 is 0 Å². The predicted octanol–water partition coefficient (Wildman–Crippen LogP) is 4.85. The zero-order valence-electron chi connectivity index (χ0n) is 21.3. The first kappa shape index (κ1) is 29.9. The average molecular weight is 443 g/mol. The van der Waals surface area contributed by atoms with Gasteiger partial charge in [-0.3, -0.25) is 9.59 Å². The summed E-state index contributed by atoms with van der Waals surface area (Å²) < 4.78 is 11.6. The lowest BCUT2D eigenvalue weighted by atomic mass is 9.98. The van der Waals surface area contributed by atoms with Crippen molar-refractivity contribution in [2.75, 3.05) is 19.8 Å². The summed E-state index contributed by atoms with van der Waals surface area (Å²) in [6.07, 6.45) is 7.96. The van der Waals surface area contributed by atoms with Crippen molar-refractivity contribution in [3.63, 3.8) is 0 Å². The van der Waals surface area contributed by atoms with Gasteiger partial charge in [-0.15, -0.1) is 0 Å². The minimum Gasteiger partial charge on any atom is -0.377 e. The highest BCUT2D eigenvalue weighted by Gasteiger charge is 2.19. The first-order valence-corrected chi connectivity index (χ1v) is 12.6. The fourth-order valence-corrected chi connectivity index (χ4v) is 3.51. The molecule has 31 heavy (non-hydrogen) atoms. The Labute approximate surface area is 191 Å². The van der Waals surface area contributed by atoms with Crippen molar-refractivity contribution in [2.24, 2.45) is 11.8 Å². The zero-order chi connectivity index (χ0) is 23.6. The zero-order valence-corrected chi connectivity index (χ0v) is 21.3. The molecule has 5 atom stereocenters. The standard InChI is InChI=1S/C25H50N2O4/c1-8-12-14-22(10-3)24(28)26-19(5)16-30-18-21(7)31-17-20(6)27-25(29)23(11-4)15-13-9-2/h19-23H,8-18H2,1-7H3,(H,26,28)(H,27,29). The lowest BCUT2D eigenvalue weighted by molar-refractivity contribution is -0.127. The molecule has 0 saturated carbocycles. The van der Waals surface area contributed by atoms with E-state index in [4.69, 9.17) is 9.47 Å². The van der Waals surface area contributed by atoms with Crippen LogP contribution in [-0.2, 0) is 19.1 Å². The summed E-state index contributed by atoms with van der Waals surface area (Å²) in [4.78, 5) is 24.7. The van der Waals surface area contributed by atoms with E-state index >= 15 is 0 Å². The summed E-state index contributed by atoms with van der Waals surface area (Å²) in [5.74, 6) is 0.444. The molecule has 0 rings (SSSR count). The molecule has 0 aromatic rings. The van der Waals surface area contributed by atoms with E-state index in [1.807, 2.05) is 20.8 Å². The third-order valence-corrected chi connectivity index (χ3v) is 5.67. The Bertz CT molecular complexity index is 472. The Morgan fingerprint density at radius 3 is 1.58 bits per heavy atom. The Kier molecular flexibility index (Phi) is 17.8. The van der Waals surface area contributed by atoms with Crippen LogP contribution in [0.2, 0.25) is 0 Å². The van der Waals surface area contributed by atoms with Crippen LogP contribution in [0.15, 0.2) is 0 Å². The average Bonchev–Trinajstić information content (AvgIpc) is 2.73. The third kappa shape index (κ3) is 14.5. The molecular weight excluding hydrogens is 392 g/mol. The van der Waals surface area contributed by atoms with E-state index < -0.39 is 0 Å². The van der Waals surface area contributed by atoms with Gasteiger partial charge in [-0.2, -0.15) is 0 Å². The lowest BCUT2D eigenvalue weighted by Crippen LogP contribution is -2.41.